The van der Waals surface area contributed by atoms with Crippen molar-refractivity contribution in [2.45, 2.75) is 0 Å². The third-order valence-corrected chi connectivity index (χ3v) is 0.742. The molecule has 41 valence electrons. The molecule has 0 bridgehead atoms. The summed E-state index contributed by atoms with van der Waals surface area (Å²) in [7, 11) is 0. The number of aromatic amines is 1. The van der Waals surface area contributed by atoms with Gasteiger partial charge in [0.1, 0.15) is 6.20 Å². The van der Waals surface area contributed by atoms with E-state index >= 15 is 0 Å². The lowest BCUT2D eigenvalue weighted by molar-refractivity contribution is 0.466. The minimum atomic E-state index is -0.413. The van der Waals surface area contributed by atoms with Crippen molar-refractivity contribution in [3.63, 3.8) is 0 Å². The van der Waals surface area contributed by atoms with E-state index in [4.69, 9.17) is 5.11 Å². The molecule has 0 aliphatic carbocycles. The Kier molecular flexibility index (Phi) is 1.04. The van der Waals surface area contributed by atoms with Gasteiger partial charge in [-0.1, -0.05) is 0 Å². The maximum Gasteiger partial charge on any atom is 0.223 e. The second kappa shape index (κ2) is 1.69. The van der Waals surface area contributed by atoms with Crippen LogP contribution in [0.15, 0.2) is 17.1 Å². The van der Waals surface area contributed by atoms with Crippen LogP contribution in [-0.4, -0.2) is 10.1 Å². The molecule has 0 fully saturated rings. The molecule has 0 amide bonds. The third kappa shape index (κ3) is 0.703. The molecular formula is C5H4NO2. The number of H-pyrrole nitrogens is 1. The predicted octanol–water partition coefficient (Wildman–Crippen LogP) is -0.119. The zero-order chi connectivity index (χ0) is 5.98. The van der Waals surface area contributed by atoms with Crippen molar-refractivity contribution in [1.29, 1.82) is 0 Å². The lowest BCUT2D eigenvalue weighted by Gasteiger charge is -1.82. The van der Waals surface area contributed by atoms with Crippen molar-refractivity contribution in [3.05, 3.63) is 28.7 Å². The third-order valence-electron chi connectivity index (χ3n) is 0.742. The van der Waals surface area contributed by atoms with Crippen LogP contribution in [0, 0.1) is 6.20 Å². The smallest absolute Gasteiger partial charge is 0.223 e. The lowest BCUT2D eigenvalue weighted by atomic mass is 10.4. The van der Waals surface area contributed by atoms with Gasteiger partial charge in [0.25, 0.3) is 0 Å². The predicted molar refractivity (Wildman–Crippen MR) is 27.6 cm³/mol. The first-order valence-electron chi connectivity index (χ1n) is 2.09. The van der Waals surface area contributed by atoms with Crippen molar-refractivity contribution >= 4 is 0 Å². The molecule has 1 rings (SSSR count). The quantitative estimate of drug-likeness (QED) is 0.489. The van der Waals surface area contributed by atoms with Crippen LogP contribution in [0.1, 0.15) is 0 Å². The summed E-state index contributed by atoms with van der Waals surface area (Å²) in [6, 6.07) is 1.23. The summed E-state index contributed by atoms with van der Waals surface area (Å²) in [4.78, 5) is 12.7. The largest absolute Gasteiger partial charge is 0.503 e. The molecule has 1 aromatic rings. The molecule has 0 aliphatic rings. The fourth-order valence-corrected chi connectivity index (χ4v) is 0.368. The number of hydrogen-bond donors (Lipinski definition) is 2. The molecule has 8 heavy (non-hydrogen) atoms. The normalized spacial score (nSPS) is 9.00. The molecule has 0 aliphatic heterocycles. The maximum absolute atomic E-state index is 10.3. The Morgan fingerprint density at radius 1 is 1.75 bits per heavy atom. The lowest BCUT2D eigenvalue weighted by Crippen LogP contribution is -1.96. The summed E-state index contributed by atoms with van der Waals surface area (Å²) in [6.07, 6.45) is 3.62. The number of hydrogen-bond acceptors (Lipinski definition) is 2. The van der Waals surface area contributed by atoms with E-state index in [1.165, 1.54) is 12.3 Å². The van der Waals surface area contributed by atoms with Crippen LogP contribution >= 0.6 is 0 Å². The molecule has 0 aromatic carbocycles. The van der Waals surface area contributed by atoms with Gasteiger partial charge in [0, 0.05) is 12.3 Å². The van der Waals surface area contributed by atoms with Crippen molar-refractivity contribution in [2.75, 3.05) is 0 Å². The Hall–Kier alpha value is -1.25. The van der Waals surface area contributed by atoms with Crippen LogP contribution in [0.3, 0.4) is 0 Å². The highest BCUT2D eigenvalue weighted by atomic mass is 16.3. The highest BCUT2D eigenvalue weighted by Gasteiger charge is 1.88. The molecule has 1 aromatic heterocycles. The van der Waals surface area contributed by atoms with E-state index in [9.17, 15) is 4.79 Å². The SMILES string of the molecule is O=c1cc[nH][c]c1O. The first-order chi connectivity index (χ1) is 3.80. The molecule has 0 saturated heterocycles. The second-order valence-corrected chi connectivity index (χ2v) is 1.32. The Labute approximate surface area is 45.6 Å². The van der Waals surface area contributed by atoms with E-state index in [1.807, 2.05) is 0 Å². The summed E-state index contributed by atoms with van der Waals surface area (Å²) in [5, 5.41) is 8.52. The van der Waals surface area contributed by atoms with Crippen LogP contribution in [-0.2, 0) is 0 Å². The Morgan fingerprint density at radius 3 is 2.88 bits per heavy atom. The molecular weight excluding hydrogens is 106 g/mol. The molecule has 0 spiro atoms. The minimum Gasteiger partial charge on any atom is -0.503 e. The number of aromatic nitrogens is 1. The van der Waals surface area contributed by atoms with Crippen molar-refractivity contribution in [2.24, 2.45) is 0 Å². The average molecular weight is 110 g/mol. The standard InChI is InChI=1S/C5H4NO2/c7-4-1-2-6-3-5(4)8/h1-2,8H,(H,6,7). The zero-order valence-electron chi connectivity index (χ0n) is 4.01. The average Bonchev–Trinajstić information content (AvgIpc) is 1.77. The van der Waals surface area contributed by atoms with Gasteiger partial charge in [0.2, 0.25) is 5.43 Å². The van der Waals surface area contributed by atoms with Gasteiger partial charge in [0.15, 0.2) is 5.75 Å². The monoisotopic (exact) mass is 110 g/mol. The minimum absolute atomic E-state index is 0.368. The Balaban J connectivity index is 3.35. The summed E-state index contributed by atoms with van der Waals surface area (Å²) < 4.78 is 0. The van der Waals surface area contributed by atoms with Crippen LogP contribution in [0.2, 0.25) is 0 Å². The van der Waals surface area contributed by atoms with Crippen molar-refractivity contribution in [1.82, 2.24) is 4.98 Å². The summed E-state index contributed by atoms with van der Waals surface area (Å²) in [6.45, 7) is 0. The maximum atomic E-state index is 10.3. The molecule has 2 N–H and O–H groups in total. The van der Waals surface area contributed by atoms with Crippen LogP contribution in [0.25, 0.3) is 0 Å². The Morgan fingerprint density at radius 2 is 2.50 bits per heavy atom. The molecule has 3 heteroatoms. The van der Waals surface area contributed by atoms with Crippen LogP contribution in [0.4, 0.5) is 0 Å². The first-order valence-corrected chi connectivity index (χ1v) is 2.09. The summed E-state index contributed by atoms with van der Waals surface area (Å²) >= 11 is 0. The zero-order valence-corrected chi connectivity index (χ0v) is 4.01. The van der Waals surface area contributed by atoms with Crippen molar-refractivity contribution < 1.29 is 5.11 Å². The first kappa shape index (κ1) is 4.90. The second-order valence-electron chi connectivity index (χ2n) is 1.32. The molecule has 0 saturated carbocycles. The number of nitrogens with one attached hydrogen (secondary N) is 1. The van der Waals surface area contributed by atoms with Gasteiger partial charge in [0.05, 0.1) is 0 Å². The fraction of sp³-hybridized carbons (Fsp3) is 0. The molecule has 3 nitrogen and oxygen atoms in total. The number of pyridine rings is 1. The Bertz CT molecular complexity index is 228. The van der Waals surface area contributed by atoms with E-state index in [0.29, 0.717) is 0 Å². The summed E-state index contributed by atoms with van der Waals surface area (Å²) in [5.41, 5.74) is -0.413. The summed E-state index contributed by atoms with van der Waals surface area (Å²) in [5.74, 6) is -0.368. The van der Waals surface area contributed by atoms with Gasteiger partial charge in [-0.15, -0.1) is 0 Å². The van der Waals surface area contributed by atoms with E-state index in [1.54, 1.807) is 0 Å². The van der Waals surface area contributed by atoms with E-state index in [2.05, 4.69) is 11.2 Å². The molecule has 1 heterocycles. The van der Waals surface area contributed by atoms with E-state index in [0.717, 1.165) is 0 Å². The highest BCUT2D eigenvalue weighted by Crippen LogP contribution is 1.89. The van der Waals surface area contributed by atoms with Crippen LogP contribution < -0.4 is 5.43 Å². The van der Waals surface area contributed by atoms with Gasteiger partial charge >= 0.3 is 0 Å². The molecule has 0 atom stereocenters. The molecule has 1 radical (unpaired) electrons. The topological polar surface area (TPSA) is 53.1 Å². The van der Waals surface area contributed by atoms with Gasteiger partial charge in [-0.3, -0.25) is 4.79 Å². The van der Waals surface area contributed by atoms with Gasteiger partial charge < -0.3 is 10.1 Å². The van der Waals surface area contributed by atoms with Gasteiger partial charge in [-0.05, 0) is 0 Å². The van der Waals surface area contributed by atoms with Crippen LogP contribution in [0.5, 0.6) is 5.75 Å². The van der Waals surface area contributed by atoms with Crippen molar-refractivity contribution in [3.8, 4) is 5.75 Å². The van der Waals surface area contributed by atoms with E-state index < -0.39 is 5.43 Å². The van der Waals surface area contributed by atoms with Gasteiger partial charge in [-0.2, -0.15) is 0 Å². The fourth-order valence-electron chi connectivity index (χ4n) is 0.368. The van der Waals surface area contributed by atoms with Gasteiger partial charge in [-0.25, -0.2) is 0 Å². The molecule has 0 unspecified atom stereocenters. The van der Waals surface area contributed by atoms with E-state index in [-0.39, 0.29) is 5.75 Å². The number of aromatic hydroxyl groups is 1. The number of rotatable bonds is 0. The highest BCUT2D eigenvalue weighted by molar-refractivity contribution is 5.11.